The fourth-order valence-corrected chi connectivity index (χ4v) is 2.90. The van der Waals surface area contributed by atoms with Crippen molar-refractivity contribution >= 4 is 35.2 Å². The van der Waals surface area contributed by atoms with Crippen LogP contribution in [0.3, 0.4) is 0 Å². The number of hydrogen-bond donors (Lipinski definition) is 2. The van der Waals surface area contributed by atoms with Crippen LogP contribution in [0.4, 0.5) is 5.69 Å². The van der Waals surface area contributed by atoms with Gasteiger partial charge in [-0.05, 0) is 31.2 Å². The highest BCUT2D eigenvalue weighted by Crippen LogP contribution is 2.26. The zero-order chi connectivity index (χ0) is 20.4. The van der Waals surface area contributed by atoms with Crippen molar-refractivity contribution in [2.75, 3.05) is 24.2 Å². The number of carbonyl (C=O) groups is 3. The van der Waals surface area contributed by atoms with Crippen molar-refractivity contribution in [3.05, 3.63) is 59.7 Å². The number of thioether (sulfide) groups is 1. The molecule has 0 aliphatic carbocycles. The average Bonchev–Trinajstić information content (AvgIpc) is 2.69. The summed E-state index contributed by atoms with van der Waals surface area (Å²) in [6, 6.07) is 16.0. The Balaban J connectivity index is 1.77. The third-order valence-corrected chi connectivity index (χ3v) is 4.43. The number of benzene rings is 2. The molecule has 2 N–H and O–H groups in total. The van der Waals surface area contributed by atoms with Crippen LogP contribution in [-0.4, -0.2) is 36.7 Å². The first-order chi connectivity index (χ1) is 13.5. The molecule has 2 amide bonds. The van der Waals surface area contributed by atoms with Crippen molar-refractivity contribution in [3.8, 4) is 6.07 Å². The molecule has 0 aromatic heterocycles. The van der Waals surface area contributed by atoms with Crippen LogP contribution in [0.1, 0.15) is 15.9 Å². The number of hydrogen-bond acceptors (Lipinski definition) is 6. The van der Waals surface area contributed by atoms with Crippen LogP contribution in [0, 0.1) is 18.3 Å². The molecule has 0 spiro atoms. The predicted octanol–water partition coefficient (Wildman–Crippen LogP) is 2.52. The van der Waals surface area contributed by atoms with E-state index in [-0.39, 0.29) is 12.3 Å². The Bertz CT molecular complexity index is 908. The number of nitriles is 1. The number of carbonyl (C=O) groups excluding carboxylic acids is 3. The van der Waals surface area contributed by atoms with Gasteiger partial charge < -0.3 is 15.4 Å². The first-order valence-electron chi connectivity index (χ1n) is 8.38. The lowest BCUT2D eigenvalue weighted by molar-refractivity contribution is -0.146. The van der Waals surface area contributed by atoms with Crippen molar-refractivity contribution in [3.63, 3.8) is 0 Å². The summed E-state index contributed by atoms with van der Waals surface area (Å²) < 4.78 is 4.88. The molecule has 0 heterocycles. The van der Waals surface area contributed by atoms with Crippen molar-refractivity contribution in [1.82, 2.24) is 5.32 Å². The lowest BCUT2D eigenvalue weighted by Crippen LogP contribution is -2.32. The minimum atomic E-state index is -0.719. The summed E-state index contributed by atoms with van der Waals surface area (Å²) in [6.07, 6.45) is 0. The van der Waals surface area contributed by atoms with Crippen LogP contribution >= 0.6 is 11.8 Å². The summed E-state index contributed by atoms with van der Waals surface area (Å²) in [5, 5.41) is 13.8. The number of rotatable bonds is 8. The van der Waals surface area contributed by atoms with Gasteiger partial charge in [-0.2, -0.15) is 5.26 Å². The predicted molar refractivity (Wildman–Crippen MR) is 106 cm³/mol. The van der Waals surface area contributed by atoms with Crippen molar-refractivity contribution < 1.29 is 19.1 Å². The molecule has 2 aromatic carbocycles. The molecular weight excluding hydrogens is 378 g/mol. The van der Waals surface area contributed by atoms with Crippen molar-refractivity contribution in [1.29, 1.82) is 5.26 Å². The van der Waals surface area contributed by atoms with Gasteiger partial charge in [0.15, 0.2) is 6.61 Å². The van der Waals surface area contributed by atoms with E-state index in [2.05, 4.69) is 10.6 Å². The Morgan fingerprint density at radius 1 is 1.14 bits per heavy atom. The monoisotopic (exact) mass is 397 g/mol. The number of nitrogens with zero attached hydrogens (tertiary/aromatic N) is 1. The van der Waals surface area contributed by atoms with Gasteiger partial charge in [-0.1, -0.05) is 29.8 Å². The second kappa shape index (κ2) is 10.7. The van der Waals surface area contributed by atoms with Gasteiger partial charge in [-0.3, -0.25) is 14.4 Å². The largest absolute Gasteiger partial charge is 0.454 e. The molecule has 7 nitrogen and oxygen atoms in total. The van der Waals surface area contributed by atoms with Gasteiger partial charge in [0.1, 0.15) is 6.54 Å². The second-order valence-electron chi connectivity index (χ2n) is 5.70. The Morgan fingerprint density at radius 3 is 2.68 bits per heavy atom. The lowest BCUT2D eigenvalue weighted by Gasteiger charge is -2.10. The van der Waals surface area contributed by atoms with E-state index in [4.69, 9.17) is 10.00 Å². The average molecular weight is 397 g/mol. The van der Waals surface area contributed by atoms with Crippen LogP contribution in [0.15, 0.2) is 53.4 Å². The number of amides is 2. The van der Waals surface area contributed by atoms with E-state index in [1.165, 1.54) is 11.8 Å². The minimum Gasteiger partial charge on any atom is -0.454 e. The number of esters is 1. The van der Waals surface area contributed by atoms with E-state index in [0.29, 0.717) is 11.3 Å². The number of aryl methyl sites for hydroxylation is 1. The normalized spacial score (nSPS) is 9.86. The van der Waals surface area contributed by atoms with Gasteiger partial charge in [0.05, 0.1) is 17.5 Å². The molecule has 0 radical (unpaired) electrons. The number of para-hydroxylation sites is 1. The molecule has 8 heteroatoms. The summed E-state index contributed by atoms with van der Waals surface area (Å²) >= 11 is 1.29. The third kappa shape index (κ3) is 6.78. The molecule has 144 valence electrons. The summed E-state index contributed by atoms with van der Waals surface area (Å²) in [5.74, 6) is -1.37. The summed E-state index contributed by atoms with van der Waals surface area (Å²) in [5.41, 5.74) is 1.91. The third-order valence-electron chi connectivity index (χ3n) is 3.49. The topological polar surface area (TPSA) is 108 Å². The zero-order valence-corrected chi connectivity index (χ0v) is 16.0. The van der Waals surface area contributed by atoms with Gasteiger partial charge >= 0.3 is 5.97 Å². The summed E-state index contributed by atoms with van der Waals surface area (Å²) in [6.45, 7) is 1.05. The smallest absolute Gasteiger partial charge is 0.325 e. The van der Waals surface area contributed by atoms with E-state index in [9.17, 15) is 14.4 Å². The molecule has 0 aliphatic rings. The van der Waals surface area contributed by atoms with E-state index >= 15 is 0 Å². The lowest BCUT2D eigenvalue weighted by atomic mass is 10.1. The van der Waals surface area contributed by atoms with E-state index in [1.54, 1.807) is 42.5 Å². The Morgan fingerprint density at radius 2 is 1.93 bits per heavy atom. The number of nitrogens with one attached hydrogen (secondary N) is 2. The molecule has 0 saturated carbocycles. The molecule has 0 saturated heterocycles. The Labute approximate surface area is 167 Å². The highest BCUT2D eigenvalue weighted by Gasteiger charge is 2.12. The molecule has 2 rings (SSSR count). The van der Waals surface area contributed by atoms with E-state index < -0.39 is 24.4 Å². The minimum absolute atomic E-state index is 0.252. The van der Waals surface area contributed by atoms with Gasteiger partial charge in [0.2, 0.25) is 0 Å². The first-order valence-corrected chi connectivity index (χ1v) is 9.37. The Kier molecular flexibility index (Phi) is 8.06. The van der Waals surface area contributed by atoms with Crippen molar-refractivity contribution in [2.45, 2.75) is 11.8 Å². The zero-order valence-electron chi connectivity index (χ0n) is 15.2. The molecule has 28 heavy (non-hydrogen) atoms. The maximum Gasteiger partial charge on any atom is 0.325 e. The van der Waals surface area contributed by atoms with Gasteiger partial charge in [-0.15, -0.1) is 11.8 Å². The molecule has 0 atom stereocenters. The molecular formula is C20H19N3O4S. The number of anilines is 1. The van der Waals surface area contributed by atoms with Crippen LogP contribution in [-0.2, 0) is 14.3 Å². The van der Waals surface area contributed by atoms with Gasteiger partial charge in [0, 0.05) is 10.5 Å². The van der Waals surface area contributed by atoms with Gasteiger partial charge in [-0.25, -0.2) is 0 Å². The van der Waals surface area contributed by atoms with Crippen molar-refractivity contribution in [2.24, 2.45) is 0 Å². The molecule has 0 unspecified atom stereocenters. The van der Waals surface area contributed by atoms with Crippen LogP contribution in [0.2, 0.25) is 0 Å². The SMILES string of the molecule is Cc1cccc(C(=O)NCC(=O)OCC(=O)Nc2ccccc2SCC#N)c1. The summed E-state index contributed by atoms with van der Waals surface area (Å²) in [7, 11) is 0. The second-order valence-corrected chi connectivity index (χ2v) is 6.72. The van der Waals surface area contributed by atoms with Crippen LogP contribution in [0.25, 0.3) is 0 Å². The van der Waals surface area contributed by atoms with Gasteiger partial charge in [0.25, 0.3) is 11.8 Å². The van der Waals surface area contributed by atoms with E-state index in [1.807, 2.05) is 19.1 Å². The maximum atomic E-state index is 12.0. The highest BCUT2D eigenvalue weighted by molar-refractivity contribution is 7.99. The maximum absolute atomic E-state index is 12.0. The molecule has 2 aromatic rings. The van der Waals surface area contributed by atoms with Crippen LogP contribution in [0.5, 0.6) is 0 Å². The molecule has 0 aliphatic heterocycles. The Hall–Kier alpha value is -3.31. The highest BCUT2D eigenvalue weighted by atomic mass is 32.2. The number of ether oxygens (including phenoxy) is 1. The molecule has 0 bridgehead atoms. The summed E-state index contributed by atoms with van der Waals surface area (Å²) in [4.78, 5) is 36.5. The molecule has 0 fully saturated rings. The first kappa shape index (κ1) is 21.0. The quantitative estimate of drug-likeness (QED) is 0.523. The fraction of sp³-hybridized carbons (Fsp3) is 0.200. The standard InChI is InChI=1S/C20H19N3O4S/c1-14-5-4-6-15(11-14)20(26)22-12-19(25)27-13-18(24)23-16-7-2-3-8-17(16)28-10-9-21/h2-8,11H,10,12-13H2,1H3,(H,22,26)(H,23,24). The fourth-order valence-electron chi connectivity index (χ4n) is 2.23. The van der Waals surface area contributed by atoms with E-state index in [0.717, 1.165) is 10.5 Å². The van der Waals surface area contributed by atoms with Crippen LogP contribution < -0.4 is 10.6 Å².